The molecule has 0 bridgehead atoms. The number of Topliss-reactive ketones (excluding diaryl/α,β-unsaturated/α-hetero) is 1. The van der Waals surface area contributed by atoms with Crippen LogP contribution in [0.3, 0.4) is 0 Å². The monoisotopic (exact) mass is 504 g/mol. The van der Waals surface area contributed by atoms with Gasteiger partial charge in [-0.1, -0.05) is 38.4 Å². The summed E-state index contributed by atoms with van der Waals surface area (Å²) in [7, 11) is 0. The van der Waals surface area contributed by atoms with Crippen molar-refractivity contribution in [2.24, 2.45) is 17.8 Å². The lowest BCUT2D eigenvalue weighted by atomic mass is 9.85. The normalized spacial score (nSPS) is 19.4. The van der Waals surface area contributed by atoms with Crippen LogP contribution in [-0.2, 0) is 19.2 Å². The number of hydrogen-bond donors (Lipinski definition) is 3. The predicted molar refractivity (Wildman–Crippen MR) is 126 cm³/mol. The van der Waals surface area contributed by atoms with Crippen molar-refractivity contribution in [1.29, 1.82) is 0 Å². The van der Waals surface area contributed by atoms with E-state index in [2.05, 4.69) is 20.9 Å². The van der Waals surface area contributed by atoms with Crippen LogP contribution in [0, 0.1) is 17.8 Å². The summed E-state index contributed by atoms with van der Waals surface area (Å²) in [5.74, 6) is -4.94. The molecule has 1 unspecified atom stereocenters. The van der Waals surface area contributed by atoms with Crippen molar-refractivity contribution in [3.8, 4) is 0 Å². The molecular formula is C23H25ClN4O5S. The quantitative estimate of drug-likeness (QED) is 0.354. The Morgan fingerprint density at radius 2 is 1.85 bits per heavy atom. The van der Waals surface area contributed by atoms with Crippen LogP contribution >= 0.6 is 22.9 Å². The SMILES string of the molecule is CC(C)[C@H](NC(=O)CC(NC(=O)c1ccccn1)c1ccc(Cl)s1)C(=O)[C@@H]1C(=O)NC(=O)[C@H]1C. The molecule has 34 heavy (non-hydrogen) atoms. The summed E-state index contributed by atoms with van der Waals surface area (Å²) < 4.78 is 0.494. The van der Waals surface area contributed by atoms with Crippen LogP contribution < -0.4 is 16.0 Å². The number of ketones is 1. The highest BCUT2D eigenvalue weighted by Gasteiger charge is 2.46. The Hall–Kier alpha value is -3.11. The molecular weight excluding hydrogens is 480 g/mol. The van der Waals surface area contributed by atoms with Crippen LogP contribution in [0.5, 0.6) is 0 Å². The highest BCUT2D eigenvalue weighted by molar-refractivity contribution is 7.16. The summed E-state index contributed by atoms with van der Waals surface area (Å²) in [5.41, 5.74) is 0.191. The molecule has 3 rings (SSSR count). The molecule has 1 saturated heterocycles. The molecule has 4 amide bonds. The van der Waals surface area contributed by atoms with E-state index in [1.54, 1.807) is 44.2 Å². The predicted octanol–water partition coefficient (Wildman–Crippen LogP) is 2.28. The van der Waals surface area contributed by atoms with Crippen LogP contribution in [0.2, 0.25) is 4.34 Å². The number of rotatable bonds is 9. The highest BCUT2D eigenvalue weighted by atomic mass is 35.5. The number of pyridine rings is 1. The van der Waals surface area contributed by atoms with E-state index in [4.69, 9.17) is 11.6 Å². The number of thiophene rings is 1. The number of nitrogens with one attached hydrogen (secondary N) is 3. The zero-order valence-electron chi connectivity index (χ0n) is 18.8. The van der Waals surface area contributed by atoms with Gasteiger partial charge in [-0.15, -0.1) is 11.3 Å². The van der Waals surface area contributed by atoms with Gasteiger partial charge < -0.3 is 10.6 Å². The molecule has 1 aliphatic heterocycles. The van der Waals surface area contributed by atoms with E-state index in [-0.39, 0.29) is 18.0 Å². The largest absolute Gasteiger partial charge is 0.346 e. The van der Waals surface area contributed by atoms with Gasteiger partial charge >= 0.3 is 0 Å². The first-order chi connectivity index (χ1) is 16.1. The Balaban J connectivity index is 1.75. The van der Waals surface area contributed by atoms with Crippen molar-refractivity contribution >= 4 is 52.3 Å². The van der Waals surface area contributed by atoms with Gasteiger partial charge in [-0.25, -0.2) is 0 Å². The second-order valence-corrected chi connectivity index (χ2v) is 10.1. The summed E-state index contributed by atoms with van der Waals surface area (Å²) in [4.78, 5) is 67.4. The first-order valence-corrected chi connectivity index (χ1v) is 11.9. The first-order valence-electron chi connectivity index (χ1n) is 10.7. The molecule has 3 N–H and O–H groups in total. The smallest absolute Gasteiger partial charge is 0.270 e. The fraction of sp³-hybridized carbons (Fsp3) is 0.391. The molecule has 2 aromatic rings. The molecule has 180 valence electrons. The second kappa shape index (κ2) is 10.9. The summed E-state index contributed by atoms with van der Waals surface area (Å²) >= 11 is 7.28. The summed E-state index contributed by atoms with van der Waals surface area (Å²) in [6, 6.07) is 6.59. The van der Waals surface area contributed by atoms with Crippen molar-refractivity contribution in [1.82, 2.24) is 20.9 Å². The Labute approximate surface area is 205 Å². The molecule has 4 atom stereocenters. The van der Waals surface area contributed by atoms with E-state index in [1.807, 2.05) is 0 Å². The molecule has 9 nitrogen and oxygen atoms in total. The van der Waals surface area contributed by atoms with Gasteiger partial charge in [0.15, 0.2) is 5.78 Å². The van der Waals surface area contributed by atoms with Crippen LogP contribution in [0.25, 0.3) is 0 Å². The number of nitrogens with zero attached hydrogens (tertiary/aromatic N) is 1. The van der Waals surface area contributed by atoms with Gasteiger partial charge in [-0.05, 0) is 30.2 Å². The zero-order valence-corrected chi connectivity index (χ0v) is 20.4. The van der Waals surface area contributed by atoms with Crippen molar-refractivity contribution in [2.45, 2.75) is 39.3 Å². The molecule has 3 heterocycles. The lowest BCUT2D eigenvalue weighted by molar-refractivity contribution is -0.137. The summed E-state index contributed by atoms with van der Waals surface area (Å²) in [6.07, 6.45) is 1.32. The van der Waals surface area contributed by atoms with Gasteiger partial charge in [0.25, 0.3) is 5.91 Å². The number of halogens is 1. The number of amides is 4. The standard InChI is InChI=1S/C23H25ClN4O5S/c1-11(2)19(20(30)18-12(3)21(31)28-23(18)33)27-17(29)10-14(15-7-8-16(24)34-15)26-22(32)13-6-4-5-9-25-13/h4-9,11-12,14,18-19H,10H2,1-3H3,(H,26,32)(H,27,29)(H,28,31,33)/t12-,14?,18+,19-/m0/s1. The third-order valence-electron chi connectivity index (χ3n) is 5.57. The lowest BCUT2D eigenvalue weighted by Crippen LogP contribution is -2.49. The van der Waals surface area contributed by atoms with Gasteiger partial charge in [-0.2, -0.15) is 0 Å². The minimum absolute atomic E-state index is 0.169. The second-order valence-electron chi connectivity index (χ2n) is 8.40. The van der Waals surface area contributed by atoms with E-state index >= 15 is 0 Å². The topological polar surface area (TPSA) is 134 Å². The van der Waals surface area contributed by atoms with E-state index < -0.39 is 53.3 Å². The molecule has 0 saturated carbocycles. The molecule has 0 aliphatic carbocycles. The van der Waals surface area contributed by atoms with Gasteiger partial charge in [0.05, 0.1) is 28.8 Å². The average Bonchev–Trinajstić information content (AvgIpc) is 3.33. The minimum atomic E-state index is -1.16. The van der Waals surface area contributed by atoms with E-state index in [0.29, 0.717) is 9.21 Å². The minimum Gasteiger partial charge on any atom is -0.346 e. The summed E-state index contributed by atoms with van der Waals surface area (Å²) in [6.45, 7) is 4.98. The van der Waals surface area contributed by atoms with Gasteiger partial charge in [0.2, 0.25) is 17.7 Å². The maximum absolute atomic E-state index is 13.1. The number of aromatic nitrogens is 1. The van der Waals surface area contributed by atoms with Gasteiger partial charge in [0, 0.05) is 11.1 Å². The van der Waals surface area contributed by atoms with Crippen LogP contribution in [0.1, 0.15) is 48.6 Å². The molecule has 0 radical (unpaired) electrons. The maximum atomic E-state index is 13.1. The molecule has 2 aromatic heterocycles. The van der Waals surface area contributed by atoms with Gasteiger partial charge in [0.1, 0.15) is 11.6 Å². The molecule has 1 aliphatic rings. The highest BCUT2D eigenvalue weighted by Crippen LogP contribution is 2.29. The van der Waals surface area contributed by atoms with Crippen LogP contribution in [-0.4, -0.2) is 40.4 Å². The fourth-order valence-corrected chi connectivity index (χ4v) is 4.82. The number of carbonyl (C=O) groups is 5. The maximum Gasteiger partial charge on any atom is 0.270 e. The van der Waals surface area contributed by atoms with E-state index in [9.17, 15) is 24.0 Å². The van der Waals surface area contributed by atoms with Crippen molar-refractivity contribution in [3.05, 3.63) is 51.4 Å². The average molecular weight is 505 g/mol. The molecule has 0 spiro atoms. The summed E-state index contributed by atoms with van der Waals surface area (Å²) in [5, 5.41) is 7.65. The Bertz CT molecular complexity index is 1100. The fourth-order valence-electron chi connectivity index (χ4n) is 3.71. The van der Waals surface area contributed by atoms with Crippen molar-refractivity contribution in [3.63, 3.8) is 0 Å². The number of hydrogen-bond acceptors (Lipinski definition) is 7. The zero-order chi connectivity index (χ0) is 25.0. The van der Waals surface area contributed by atoms with Crippen LogP contribution in [0.15, 0.2) is 36.5 Å². The van der Waals surface area contributed by atoms with E-state index in [0.717, 1.165) is 0 Å². The third-order valence-corrected chi connectivity index (χ3v) is 6.91. The van der Waals surface area contributed by atoms with E-state index in [1.165, 1.54) is 24.5 Å². The molecule has 0 aromatic carbocycles. The number of imide groups is 1. The first kappa shape index (κ1) is 25.5. The lowest BCUT2D eigenvalue weighted by Gasteiger charge is -2.25. The Morgan fingerprint density at radius 3 is 2.38 bits per heavy atom. The third kappa shape index (κ3) is 5.87. The van der Waals surface area contributed by atoms with Crippen molar-refractivity contribution in [2.75, 3.05) is 0 Å². The number of carbonyl (C=O) groups excluding carboxylic acids is 5. The van der Waals surface area contributed by atoms with Gasteiger partial charge in [-0.3, -0.25) is 34.3 Å². The molecule has 11 heteroatoms. The van der Waals surface area contributed by atoms with Crippen LogP contribution in [0.4, 0.5) is 0 Å². The Morgan fingerprint density at radius 1 is 1.12 bits per heavy atom. The molecule has 1 fully saturated rings. The van der Waals surface area contributed by atoms with Crippen molar-refractivity contribution < 1.29 is 24.0 Å². The Kier molecular flexibility index (Phi) is 8.16.